The van der Waals surface area contributed by atoms with E-state index in [2.05, 4.69) is 55.5 Å². The molecular weight excluding hydrogens is 490 g/mol. The van der Waals surface area contributed by atoms with Crippen molar-refractivity contribution in [2.75, 3.05) is 19.9 Å². The van der Waals surface area contributed by atoms with Crippen LogP contribution in [0.4, 0.5) is 0 Å². The Hall–Kier alpha value is -2.36. The Bertz CT molecular complexity index is 1050. The quantitative estimate of drug-likeness (QED) is 0.209. The van der Waals surface area contributed by atoms with E-state index in [0.29, 0.717) is 21.2 Å². The molecule has 0 aliphatic rings. The third-order valence-electron chi connectivity index (χ3n) is 5.04. The molecule has 0 radical (unpaired) electrons. The molecule has 0 amide bonds. The normalized spacial score (nSPS) is 11.4. The standard InChI is InChI=1S/C23H28BrN5O2S/c1-31-21-13-18(19(24)14-20(21)30)15-26-29-22(27-28-23(29)32-2)17-10-8-16(9-11-17)7-5-3-4-6-12-25/h8-11,13-15,30H,3-7,12,25H2,1-2H3/b26-15+. The summed E-state index contributed by atoms with van der Waals surface area (Å²) in [7, 11) is 1.51. The summed E-state index contributed by atoms with van der Waals surface area (Å²) < 4.78 is 7.63. The van der Waals surface area contributed by atoms with Crippen LogP contribution in [-0.2, 0) is 6.42 Å². The largest absolute Gasteiger partial charge is 0.504 e. The molecule has 9 heteroatoms. The molecule has 0 unspecified atom stereocenters. The average molecular weight is 518 g/mol. The summed E-state index contributed by atoms with van der Waals surface area (Å²) in [6.45, 7) is 0.771. The summed E-state index contributed by atoms with van der Waals surface area (Å²) >= 11 is 4.93. The third-order valence-corrected chi connectivity index (χ3v) is 6.34. The van der Waals surface area contributed by atoms with Crippen LogP contribution in [0.3, 0.4) is 0 Å². The number of hydrogen-bond acceptors (Lipinski definition) is 7. The van der Waals surface area contributed by atoms with Crippen molar-refractivity contribution in [3.63, 3.8) is 0 Å². The Morgan fingerprint density at radius 2 is 1.91 bits per heavy atom. The predicted molar refractivity (Wildman–Crippen MR) is 134 cm³/mol. The number of hydrogen-bond donors (Lipinski definition) is 2. The molecule has 0 aliphatic carbocycles. The minimum absolute atomic E-state index is 0.0609. The zero-order valence-electron chi connectivity index (χ0n) is 18.3. The van der Waals surface area contributed by atoms with E-state index in [-0.39, 0.29) is 5.75 Å². The maximum absolute atomic E-state index is 9.92. The van der Waals surface area contributed by atoms with Gasteiger partial charge in [-0.05, 0) is 65.7 Å². The minimum Gasteiger partial charge on any atom is -0.504 e. The first-order chi connectivity index (χ1) is 15.6. The molecule has 170 valence electrons. The molecule has 1 heterocycles. The van der Waals surface area contributed by atoms with Crippen molar-refractivity contribution in [1.82, 2.24) is 14.9 Å². The first-order valence-electron chi connectivity index (χ1n) is 10.5. The molecule has 0 spiro atoms. The summed E-state index contributed by atoms with van der Waals surface area (Å²) in [5.41, 5.74) is 8.57. The second-order valence-corrected chi connectivity index (χ2v) is 8.89. The molecule has 0 aliphatic heterocycles. The van der Waals surface area contributed by atoms with E-state index in [0.717, 1.165) is 30.5 Å². The number of phenols is 1. The van der Waals surface area contributed by atoms with Crippen molar-refractivity contribution in [2.45, 2.75) is 37.3 Å². The number of rotatable bonds is 11. The van der Waals surface area contributed by atoms with Gasteiger partial charge >= 0.3 is 0 Å². The molecule has 0 saturated heterocycles. The number of halogens is 1. The van der Waals surface area contributed by atoms with Gasteiger partial charge in [-0.15, -0.1) is 10.2 Å². The molecule has 0 saturated carbocycles. The Labute approximate surface area is 201 Å². The van der Waals surface area contributed by atoms with E-state index >= 15 is 0 Å². The van der Waals surface area contributed by atoms with E-state index < -0.39 is 0 Å². The van der Waals surface area contributed by atoms with Gasteiger partial charge in [0.05, 0.1) is 13.3 Å². The summed E-state index contributed by atoms with van der Waals surface area (Å²) in [6, 6.07) is 11.7. The van der Waals surface area contributed by atoms with E-state index in [1.54, 1.807) is 23.0 Å². The molecule has 0 bridgehead atoms. The van der Waals surface area contributed by atoms with Crippen molar-refractivity contribution in [2.24, 2.45) is 10.8 Å². The van der Waals surface area contributed by atoms with Gasteiger partial charge in [-0.2, -0.15) is 9.78 Å². The Morgan fingerprint density at radius 3 is 2.59 bits per heavy atom. The van der Waals surface area contributed by atoms with Crippen LogP contribution in [0.15, 0.2) is 51.1 Å². The number of benzene rings is 2. The fourth-order valence-electron chi connectivity index (χ4n) is 3.27. The number of ether oxygens (including phenoxy) is 1. The highest BCUT2D eigenvalue weighted by Gasteiger charge is 2.13. The van der Waals surface area contributed by atoms with Crippen LogP contribution in [0.25, 0.3) is 11.4 Å². The maximum atomic E-state index is 9.92. The molecule has 32 heavy (non-hydrogen) atoms. The van der Waals surface area contributed by atoms with E-state index in [4.69, 9.17) is 10.5 Å². The molecule has 3 aromatic rings. The van der Waals surface area contributed by atoms with Crippen molar-refractivity contribution in [3.8, 4) is 22.9 Å². The molecule has 3 rings (SSSR count). The predicted octanol–water partition coefficient (Wildman–Crippen LogP) is 5.09. The fraction of sp³-hybridized carbons (Fsp3) is 0.348. The van der Waals surface area contributed by atoms with E-state index in [9.17, 15) is 5.11 Å². The summed E-state index contributed by atoms with van der Waals surface area (Å²) in [5, 5.41) is 23.9. The Balaban J connectivity index is 1.80. The summed E-state index contributed by atoms with van der Waals surface area (Å²) in [5.74, 6) is 1.11. The topological polar surface area (TPSA) is 98.5 Å². The van der Waals surface area contributed by atoms with Gasteiger partial charge < -0.3 is 15.6 Å². The van der Waals surface area contributed by atoms with Gasteiger partial charge in [-0.25, -0.2) is 0 Å². The first-order valence-corrected chi connectivity index (χ1v) is 12.5. The lowest BCUT2D eigenvalue weighted by Crippen LogP contribution is -1.98. The molecule has 0 atom stereocenters. The lowest BCUT2D eigenvalue weighted by molar-refractivity contribution is 0.373. The van der Waals surface area contributed by atoms with Gasteiger partial charge in [0.1, 0.15) is 0 Å². The SMILES string of the molecule is COc1cc(/C=N/n2c(SC)nnc2-c2ccc(CCCCCCN)cc2)c(Br)cc1O. The highest BCUT2D eigenvalue weighted by molar-refractivity contribution is 9.10. The number of nitrogens with two attached hydrogens (primary N) is 1. The second kappa shape index (κ2) is 12.0. The minimum atomic E-state index is 0.0609. The molecule has 0 fully saturated rings. The number of aryl methyl sites for hydroxylation is 1. The number of aromatic hydroxyl groups is 1. The monoisotopic (exact) mass is 517 g/mol. The van der Waals surface area contributed by atoms with E-state index in [1.807, 2.05) is 6.26 Å². The summed E-state index contributed by atoms with van der Waals surface area (Å²) in [6.07, 6.45) is 9.35. The van der Waals surface area contributed by atoms with Crippen LogP contribution in [0.2, 0.25) is 0 Å². The number of unbranched alkanes of at least 4 members (excludes halogenated alkanes) is 3. The van der Waals surface area contributed by atoms with Crippen LogP contribution in [0.1, 0.15) is 36.8 Å². The van der Waals surface area contributed by atoms with Gasteiger partial charge in [0.25, 0.3) is 0 Å². The van der Waals surface area contributed by atoms with E-state index in [1.165, 1.54) is 43.7 Å². The van der Waals surface area contributed by atoms with Crippen LogP contribution in [0.5, 0.6) is 11.5 Å². The third kappa shape index (κ3) is 6.11. The maximum Gasteiger partial charge on any atom is 0.212 e. The molecule has 3 N–H and O–H groups in total. The number of methoxy groups -OCH3 is 1. The van der Waals surface area contributed by atoms with Crippen LogP contribution >= 0.6 is 27.7 Å². The second-order valence-electron chi connectivity index (χ2n) is 7.26. The van der Waals surface area contributed by atoms with Crippen molar-refractivity contribution < 1.29 is 9.84 Å². The lowest BCUT2D eigenvalue weighted by atomic mass is 10.0. The zero-order valence-corrected chi connectivity index (χ0v) is 20.7. The smallest absolute Gasteiger partial charge is 0.212 e. The van der Waals surface area contributed by atoms with Gasteiger partial charge in [0.2, 0.25) is 5.16 Å². The highest BCUT2D eigenvalue weighted by Crippen LogP contribution is 2.32. The van der Waals surface area contributed by atoms with Crippen molar-refractivity contribution in [3.05, 3.63) is 52.0 Å². The molecule has 7 nitrogen and oxygen atoms in total. The average Bonchev–Trinajstić information content (AvgIpc) is 3.21. The molecule has 2 aromatic carbocycles. The van der Waals surface area contributed by atoms with Crippen molar-refractivity contribution >= 4 is 33.9 Å². The zero-order chi connectivity index (χ0) is 22.9. The number of nitrogens with zero attached hydrogens (tertiary/aromatic N) is 4. The number of thioether (sulfide) groups is 1. The fourth-order valence-corrected chi connectivity index (χ4v) is 4.13. The Kier molecular flexibility index (Phi) is 9.13. The highest BCUT2D eigenvalue weighted by atomic mass is 79.9. The number of phenolic OH excluding ortho intramolecular Hbond substituents is 1. The van der Waals surface area contributed by atoms with Gasteiger partial charge in [-0.3, -0.25) is 0 Å². The van der Waals surface area contributed by atoms with Gasteiger partial charge in [-0.1, -0.05) is 48.9 Å². The summed E-state index contributed by atoms with van der Waals surface area (Å²) in [4.78, 5) is 0. The van der Waals surface area contributed by atoms with Crippen LogP contribution < -0.4 is 10.5 Å². The molecule has 1 aromatic heterocycles. The van der Waals surface area contributed by atoms with Gasteiger partial charge in [0, 0.05) is 15.6 Å². The Morgan fingerprint density at radius 1 is 1.16 bits per heavy atom. The number of aromatic nitrogens is 3. The molecular formula is C23H28BrN5O2S. The van der Waals surface area contributed by atoms with Crippen LogP contribution in [-0.4, -0.2) is 46.1 Å². The first kappa shape index (κ1) is 24.3. The van der Waals surface area contributed by atoms with Crippen LogP contribution in [0, 0.1) is 0 Å². The van der Waals surface area contributed by atoms with Gasteiger partial charge in [0.15, 0.2) is 17.3 Å². The lowest BCUT2D eigenvalue weighted by Gasteiger charge is -2.07. The van der Waals surface area contributed by atoms with Crippen molar-refractivity contribution in [1.29, 1.82) is 0 Å².